The maximum atomic E-state index is 12.3. The minimum atomic E-state index is -0.0668. The van der Waals surface area contributed by atoms with Crippen LogP contribution < -0.4 is 5.32 Å². The van der Waals surface area contributed by atoms with Crippen LogP contribution in [-0.4, -0.2) is 25.1 Å². The SMILES string of the molecule is O=C(Cc1ccn(C2CCCC2)n1)Nc1cccc2nccn12. The van der Waals surface area contributed by atoms with E-state index in [-0.39, 0.29) is 12.3 Å². The number of carbonyl (C=O) groups is 1. The van der Waals surface area contributed by atoms with Crippen molar-refractivity contribution in [3.05, 3.63) is 48.5 Å². The highest BCUT2D eigenvalue weighted by Gasteiger charge is 2.18. The molecule has 6 nitrogen and oxygen atoms in total. The van der Waals surface area contributed by atoms with E-state index in [9.17, 15) is 4.79 Å². The molecular weight excluding hydrogens is 290 g/mol. The number of hydrogen-bond acceptors (Lipinski definition) is 3. The lowest BCUT2D eigenvalue weighted by Gasteiger charge is -2.09. The number of nitrogens with one attached hydrogen (secondary N) is 1. The Labute approximate surface area is 134 Å². The number of amides is 1. The first-order chi connectivity index (χ1) is 11.3. The summed E-state index contributed by atoms with van der Waals surface area (Å²) in [4.78, 5) is 16.5. The summed E-state index contributed by atoms with van der Waals surface area (Å²) in [6, 6.07) is 8.09. The van der Waals surface area contributed by atoms with Gasteiger partial charge in [0.25, 0.3) is 0 Å². The quantitative estimate of drug-likeness (QED) is 0.806. The molecule has 0 saturated heterocycles. The Morgan fingerprint density at radius 2 is 2.09 bits per heavy atom. The zero-order chi connectivity index (χ0) is 15.6. The normalized spacial score (nSPS) is 15.3. The smallest absolute Gasteiger partial charge is 0.231 e. The van der Waals surface area contributed by atoms with Crippen LogP contribution in [0.4, 0.5) is 5.82 Å². The molecule has 1 aliphatic carbocycles. The molecule has 4 rings (SSSR count). The molecule has 3 aromatic rings. The van der Waals surface area contributed by atoms with Crippen LogP contribution >= 0.6 is 0 Å². The zero-order valence-electron chi connectivity index (χ0n) is 12.9. The van der Waals surface area contributed by atoms with Crippen LogP contribution in [0.2, 0.25) is 0 Å². The Bertz CT molecular complexity index is 828. The van der Waals surface area contributed by atoms with Gasteiger partial charge in [-0.3, -0.25) is 13.9 Å². The van der Waals surface area contributed by atoms with Crippen LogP contribution in [0.5, 0.6) is 0 Å². The van der Waals surface area contributed by atoms with Crippen molar-refractivity contribution < 1.29 is 4.79 Å². The molecule has 1 saturated carbocycles. The molecule has 0 aliphatic heterocycles. The Morgan fingerprint density at radius 3 is 2.96 bits per heavy atom. The number of rotatable bonds is 4. The summed E-state index contributed by atoms with van der Waals surface area (Å²) >= 11 is 0. The fourth-order valence-corrected chi connectivity index (χ4v) is 3.24. The first-order valence-corrected chi connectivity index (χ1v) is 8.05. The van der Waals surface area contributed by atoms with Gasteiger partial charge in [-0.2, -0.15) is 5.10 Å². The van der Waals surface area contributed by atoms with E-state index in [1.54, 1.807) is 6.20 Å². The summed E-state index contributed by atoms with van der Waals surface area (Å²) in [5.41, 5.74) is 1.63. The van der Waals surface area contributed by atoms with E-state index in [0.29, 0.717) is 6.04 Å². The highest BCUT2D eigenvalue weighted by molar-refractivity contribution is 5.91. The van der Waals surface area contributed by atoms with Crippen LogP contribution in [0.1, 0.15) is 37.4 Å². The number of nitrogens with zero attached hydrogens (tertiary/aromatic N) is 4. The highest BCUT2D eigenvalue weighted by Crippen LogP contribution is 2.28. The van der Waals surface area contributed by atoms with Crippen LogP contribution in [0.15, 0.2) is 42.9 Å². The molecule has 0 bridgehead atoms. The van der Waals surface area contributed by atoms with Crippen molar-refractivity contribution in [2.75, 3.05) is 5.32 Å². The van der Waals surface area contributed by atoms with Crippen molar-refractivity contribution in [2.45, 2.75) is 38.1 Å². The van der Waals surface area contributed by atoms with Gasteiger partial charge >= 0.3 is 0 Å². The Morgan fingerprint density at radius 1 is 1.22 bits per heavy atom. The fourth-order valence-electron chi connectivity index (χ4n) is 3.24. The number of fused-ring (bicyclic) bond motifs is 1. The Kier molecular flexibility index (Phi) is 3.57. The summed E-state index contributed by atoms with van der Waals surface area (Å²) in [6.45, 7) is 0. The molecule has 118 valence electrons. The third-order valence-electron chi connectivity index (χ3n) is 4.40. The van der Waals surface area contributed by atoms with Crippen LogP contribution in [0, 0.1) is 0 Å². The third-order valence-corrected chi connectivity index (χ3v) is 4.40. The summed E-state index contributed by atoms with van der Waals surface area (Å²) in [5, 5.41) is 7.50. The lowest BCUT2D eigenvalue weighted by atomic mass is 10.3. The van der Waals surface area contributed by atoms with Crippen LogP contribution in [-0.2, 0) is 11.2 Å². The summed E-state index contributed by atoms with van der Waals surface area (Å²) in [5.74, 6) is 0.656. The van der Waals surface area contributed by atoms with Crippen LogP contribution in [0.25, 0.3) is 5.65 Å². The van der Waals surface area contributed by atoms with Gasteiger partial charge in [-0.25, -0.2) is 4.98 Å². The van der Waals surface area contributed by atoms with Gasteiger partial charge in [-0.05, 0) is 31.0 Å². The average molecular weight is 309 g/mol. The number of anilines is 1. The topological polar surface area (TPSA) is 64.2 Å². The van der Waals surface area contributed by atoms with E-state index in [4.69, 9.17) is 0 Å². The van der Waals surface area contributed by atoms with Crippen molar-refractivity contribution >= 4 is 17.4 Å². The molecule has 0 aromatic carbocycles. The predicted octanol–water partition coefficient (Wildman–Crippen LogP) is 2.83. The Balaban J connectivity index is 1.45. The van der Waals surface area contributed by atoms with Gasteiger partial charge in [0.05, 0.1) is 18.2 Å². The molecule has 0 radical (unpaired) electrons. The first-order valence-electron chi connectivity index (χ1n) is 8.05. The molecule has 23 heavy (non-hydrogen) atoms. The molecule has 0 spiro atoms. The Hall–Kier alpha value is -2.63. The fraction of sp³-hybridized carbons (Fsp3) is 0.353. The molecule has 0 atom stereocenters. The number of imidazole rings is 1. The standard InChI is InChI=1S/C17H19N5O/c23-17(19-16-7-3-6-15-18-9-11-21(15)16)12-13-8-10-22(20-13)14-4-1-2-5-14/h3,6-11,14H,1-2,4-5,12H2,(H,19,23). The lowest BCUT2D eigenvalue weighted by molar-refractivity contribution is -0.115. The maximum Gasteiger partial charge on any atom is 0.231 e. The number of pyridine rings is 1. The second-order valence-electron chi connectivity index (χ2n) is 6.02. The number of carbonyl (C=O) groups excluding carboxylic acids is 1. The van der Waals surface area contributed by atoms with Gasteiger partial charge in [-0.1, -0.05) is 18.9 Å². The van der Waals surface area contributed by atoms with Crippen molar-refractivity contribution in [3.8, 4) is 0 Å². The van der Waals surface area contributed by atoms with Gasteiger partial charge in [0.1, 0.15) is 11.5 Å². The third kappa shape index (κ3) is 2.84. The molecule has 1 fully saturated rings. The highest BCUT2D eigenvalue weighted by atomic mass is 16.1. The predicted molar refractivity (Wildman–Crippen MR) is 87.3 cm³/mol. The van der Waals surface area contributed by atoms with E-state index < -0.39 is 0 Å². The van der Waals surface area contributed by atoms with Crippen molar-refractivity contribution in [3.63, 3.8) is 0 Å². The molecule has 6 heteroatoms. The number of hydrogen-bond donors (Lipinski definition) is 1. The molecule has 1 amide bonds. The minimum absolute atomic E-state index is 0.0668. The van der Waals surface area contributed by atoms with Gasteiger partial charge in [0, 0.05) is 18.6 Å². The summed E-state index contributed by atoms with van der Waals surface area (Å²) < 4.78 is 3.88. The number of aromatic nitrogens is 4. The molecule has 3 aromatic heterocycles. The van der Waals surface area contributed by atoms with E-state index in [1.165, 1.54) is 25.7 Å². The minimum Gasteiger partial charge on any atom is -0.311 e. The van der Waals surface area contributed by atoms with E-state index in [2.05, 4.69) is 15.4 Å². The molecular formula is C17H19N5O. The molecule has 1 N–H and O–H groups in total. The first kappa shape index (κ1) is 14.0. The second kappa shape index (κ2) is 5.87. The monoisotopic (exact) mass is 309 g/mol. The van der Waals surface area contributed by atoms with Gasteiger partial charge in [0.2, 0.25) is 5.91 Å². The van der Waals surface area contributed by atoms with E-state index >= 15 is 0 Å². The molecule has 3 heterocycles. The van der Waals surface area contributed by atoms with Crippen LogP contribution in [0.3, 0.4) is 0 Å². The van der Waals surface area contributed by atoms with Gasteiger partial charge < -0.3 is 5.32 Å². The van der Waals surface area contributed by atoms with Crippen molar-refractivity contribution in [1.29, 1.82) is 0 Å². The second-order valence-corrected chi connectivity index (χ2v) is 6.02. The zero-order valence-corrected chi connectivity index (χ0v) is 12.9. The van der Waals surface area contributed by atoms with Gasteiger partial charge in [0.15, 0.2) is 0 Å². The van der Waals surface area contributed by atoms with E-state index in [1.807, 2.05) is 45.7 Å². The van der Waals surface area contributed by atoms with Gasteiger partial charge in [-0.15, -0.1) is 0 Å². The molecule has 0 unspecified atom stereocenters. The van der Waals surface area contributed by atoms with E-state index in [0.717, 1.165) is 17.2 Å². The lowest BCUT2D eigenvalue weighted by Crippen LogP contribution is -2.17. The summed E-state index contributed by atoms with van der Waals surface area (Å²) in [7, 11) is 0. The molecule has 1 aliphatic rings. The maximum absolute atomic E-state index is 12.3. The van der Waals surface area contributed by atoms with Crippen molar-refractivity contribution in [1.82, 2.24) is 19.2 Å². The largest absolute Gasteiger partial charge is 0.311 e. The average Bonchev–Trinajstić information content (AvgIpc) is 3.28. The van der Waals surface area contributed by atoms with Crippen molar-refractivity contribution in [2.24, 2.45) is 0 Å². The summed E-state index contributed by atoms with van der Waals surface area (Å²) in [6.07, 6.45) is 10.8.